The maximum atomic E-state index is 7.05. The molecule has 1 aliphatic carbocycles. The fraction of sp³-hybridized carbons (Fsp3) is 0.0492. The molecule has 0 N–H and O–H groups in total. The normalized spacial score (nSPS) is 13.4. The van der Waals surface area contributed by atoms with Gasteiger partial charge in [0.1, 0.15) is 11.2 Å². The fourth-order valence-corrected chi connectivity index (χ4v) is 11.6. The Morgan fingerprint density at radius 2 is 0.984 bits per heavy atom. The van der Waals surface area contributed by atoms with Gasteiger partial charge in [-0.25, -0.2) is 0 Å². The van der Waals surface area contributed by atoms with Crippen LogP contribution in [0.4, 0.5) is 0 Å². The second-order valence-electron chi connectivity index (χ2n) is 17.9. The first kappa shape index (κ1) is 34.7. The second kappa shape index (κ2) is 12.6. The maximum absolute atomic E-state index is 7.05. The number of hydrogen-bond acceptors (Lipinski definition) is 1. The Kier molecular flexibility index (Phi) is 6.93. The van der Waals surface area contributed by atoms with Crippen LogP contribution in [0.15, 0.2) is 205 Å². The monoisotopic (exact) mass is 801 g/mol. The molecule has 0 atom stereocenters. The van der Waals surface area contributed by atoms with Gasteiger partial charge in [-0.05, 0) is 101 Å². The maximum Gasteiger partial charge on any atom is 0.145 e. The smallest absolute Gasteiger partial charge is 0.145 e. The molecule has 0 radical (unpaired) electrons. The second-order valence-corrected chi connectivity index (χ2v) is 17.9. The van der Waals surface area contributed by atoms with Crippen LogP contribution >= 0.6 is 0 Å². The van der Waals surface area contributed by atoms with Crippen LogP contribution < -0.4 is 0 Å². The van der Waals surface area contributed by atoms with Crippen LogP contribution in [0.25, 0.3) is 126 Å². The number of benzene rings is 11. The van der Waals surface area contributed by atoms with Crippen LogP contribution in [0.5, 0.6) is 0 Å². The van der Waals surface area contributed by atoms with Crippen molar-refractivity contribution in [3.63, 3.8) is 0 Å². The molecule has 2 aromatic heterocycles. The van der Waals surface area contributed by atoms with E-state index in [4.69, 9.17) is 4.42 Å². The quantitative estimate of drug-likeness (QED) is 0.163. The molecule has 0 aliphatic heterocycles. The SMILES string of the molecule is CC1(C)c2ccccc2-c2c1c1c3ccccc3n(-c3cc4c5ccccc5c(-c5ccc(-c6cccc7ccccc67)cc5)cc4c4ccccc34)c1c1c2oc2ccccc21. The Morgan fingerprint density at radius 1 is 0.413 bits per heavy atom. The highest BCUT2D eigenvalue weighted by molar-refractivity contribution is 6.31. The molecule has 1 aliphatic rings. The summed E-state index contributed by atoms with van der Waals surface area (Å²) in [4.78, 5) is 0. The number of furan rings is 1. The van der Waals surface area contributed by atoms with Crippen LogP contribution in [0.3, 0.4) is 0 Å². The number of nitrogens with zero attached hydrogens (tertiary/aromatic N) is 1. The largest absolute Gasteiger partial charge is 0.455 e. The number of hydrogen-bond donors (Lipinski definition) is 0. The molecule has 13 aromatic rings. The van der Waals surface area contributed by atoms with E-state index < -0.39 is 0 Å². The van der Waals surface area contributed by atoms with Gasteiger partial charge in [0.2, 0.25) is 0 Å². The van der Waals surface area contributed by atoms with E-state index in [9.17, 15) is 0 Å². The van der Waals surface area contributed by atoms with E-state index in [1.165, 1.54) is 120 Å². The minimum absolute atomic E-state index is 0.253. The van der Waals surface area contributed by atoms with E-state index in [1.807, 2.05) is 0 Å². The van der Waals surface area contributed by atoms with Gasteiger partial charge in [-0.2, -0.15) is 0 Å². The molecule has 0 fully saturated rings. The molecule has 63 heavy (non-hydrogen) atoms. The highest BCUT2D eigenvalue weighted by Gasteiger charge is 2.41. The number of para-hydroxylation sites is 2. The lowest BCUT2D eigenvalue weighted by molar-refractivity contribution is 0.658. The molecule has 294 valence electrons. The van der Waals surface area contributed by atoms with Crippen molar-refractivity contribution in [2.75, 3.05) is 0 Å². The van der Waals surface area contributed by atoms with Gasteiger partial charge in [0.05, 0.1) is 22.1 Å². The molecule has 0 unspecified atom stereocenters. The summed E-state index contributed by atoms with van der Waals surface area (Å²) in [6, 6.07) is 73.9. The third-order valence-electron chi connectivity index (χ3n) is 14.3. The zero-order valence-electron chi connectivity index (χ0n) is 34.9. The molecule has 0 saturated heterocycles. The van der Waals surface area contributed by atoms with Crippen molar-refractivity contribution in [3.8, 4) is 39.1 Å². The molecule has 0 amide bonds. The minimum Gasteiger partial charge on any atom is -0.455 e. The zero-order chi connectivity index (χ0) is 41.6. The Morgan fingerprint density at radius 3 is 1.79 bits per heavy atom. The number of fused-ring (bicyclic) bond motifs is 18. The molecule has 0 saturated carbocycles. The van der Waals surface area contributed by atoms with Gasteiger partial charge in [-0.1, -0.05) is 190 Å². The topological polar surface area (TPSA) is 18.1 Å². The average Bonchev–Trinajstić information content (AvgIpc) is 3.96. The Balaban J connectivity index is 1.09. The lowest BCUT2D eigenvalue weighted by Crippen LogP contribution is -2.15. The van der Waals surface area contributed by atoms with Crippen molar-refractivity contribution in [1.82, 2.24) is 4.57 Å². The van der Waals surface area contributed by atoms with Gasteiger partial charge in [0.15, 0.2) is 0 Å². The lowest BCUT2D eigenvalue weighted by Gasteiger charge is -2.23. The van der Waals surface area contributed by atoms with Gasteiger partial charge in [-0.3, -0.25) is 0 Å². The molecular formula is C61H39NO. The summed E-state index contributed by atoms with van der Waals surface area (Å²) < 4.78 is 9.62. The molecular weight excluding hydrogens is 763 g/mol. The van der Waals surface area contributed by atoms with Gasteiger partial charge in [0.25, 0.3) is 0 Å². The number of aromatic nitrogens is 1. The van der Waals surface area contributed by atoms with Gasteiger partial charge in [-0.15, -0.1) is 0 Å². The minimum atomic E-state index is -0.253. The van der Waals surface area contributed by atoms with E-state index in [-0.39, 0.29) is 5.41 Å². The van der Waals surface area contributed by atoms with E-state index in [1.54, 1.807) is 0 Å². The predicted molar refractivity (Wildman–Crippen MR) is 267 cm³/mol. The first-order chi connectivity index (χ1) is 31.0. The van der Waals surface area contributed by atoms with Crippen LogP contribution in [0.2, 0.25) is 0 Å². The Bertz CT molecular complexity index is 4100. The summed E-state index contributed by atoms with van der Waals surface area (Å²) in [7, 11) is 0. The molecule has 0 spiro atoms. The summed E-state index contributed by atoms with van der Waals surface area (Å²) in [6.45, 7) is 4.79. The Labute approximate surface area is 363 Å². The van der Waals surface area contributed by atoms with Crippen LogP contribution in [0.1, 0.15) is 25.0 Å². The van der Waals surface area contributed by atoms with Gasteiger partial charge < -0.3 is 8.98 Å². The summed E-state index contributed by atoms with van der Waals surface area (Å²) >= 11 is 0. The molecule has 2 heterocycles. The zero-order valence-corrected chi connectivity index (χ0v) is 34.9. The van der Waals surface area contributed by atoms with Gasteiger partial charge in [0, 0.05) is 32.5 Å². The van der Waals surface area contributed by atoms with E-state index >= 15 is 0 Å². The summed E-state index contributed by atoms with van der Waals surface area (Å²) in [5.74, 6) is 0. The van der Waals surface area contributed by atoms with Crippen molar-refractivity contribution in [1.29, 1.82) is 0 Å². The standard InChI is InChI=1S/C61H39NO/c1-61(2)51-27-12-9-23-45(51)56-58(61)55-46-24-10-13-28-52(46)62(59(55)57-47-25-11-14-29-54(47)63-60(56)57)53-35-50-42-20-6-5-19-41(42)48(34-49(50)43-21-7-8-22-44(43)53)38-32-30-37(31-33-38)40-26-15-17-36-16-3-4-18-39(36)40/h3-35H,1-2H3. The van der Waals surface area contributed by atoms with Crippen LogP contribution in [0, 0.1) is 0 Å². The van der Waals surface area contributed by atoms with Gasteiger partial charge >= 0.3 is 0 Å². The van der Waals surface area contributed by atoms with Crippen molar-refractivity contribution in [2.24, 2.45) is 0 Å². The average molecular weight is 802 g/mol. The molecule has 11 aromatic carbocycles. The van der Waals surface area contributed by atoms with Crippen LogP contribution in [-0.2, 0) is 5.41 Å². The summed E-state index contributed by atoms with van der Waals surface area (Å²) in [5.41, 5.74) is 15.3. The molecule has 0 bridgehead atoms. The molecule has 2 nitrogen and oxygen atoms in total. The van der Waals surface area contributed by atoms with Crippen molar-refractivity contribution in [2.45, 2.75) is 19.3 Å². The summed E-state index contributed by atoms with van der Waals surface area (Å²) in [6.07, 6.45) is 0. The lowest BCUT2D eigenvalue weighted by atomic mass is 9.80. The Hall–Kier alpha value is -7.94. The van der Waals surface area contributed by atoms with Crippen LogP contribution in [-0.4, -0.2) is 4.57 Å². The van der Waals surface area contributed by atoms with Crippen molar-refractivity contribution in [3.05, 3.63) is 211 Å². The van der Waals surface area contributed by atoms with E-state index in [0.29, 0.717) is 0 Å². The fourth-order valence-electron chi connectivity index (χ4n) is 11.6. The first-order valence-corrected chi connectivity index (χ1v) is 22.0. The first-order valence-electron chi connectivity index (χ1n) is 22.0. The van der Waals surface area contributed by atoms with Crippen molar-refractivity contribution >= 4 is 86.8 Å². The third kappa shape index (κ3) is 4.62. The third-order valence-corrected chi connectivity index (χ3v) is 14.3. The van der Waals surface area contributed by atoms with E-state index in [0.717, 1.165) is 16.6 Å². The van der Waals surface area contributed by atoms with Crippen molar-refractivity contribution < 1.29 is 4.42 Å². The van der Waals surface area contributed by atoms with E-state index in [2.05, 4.69) is 219 Å². The highest BCUT2D eigenvalue weighted by Crippen LogP contribution is 2.58. The number of rotatable bonds is 3. The molecule has 14 rings (SSSR count). The molecule has 2 heteroatoms. The predicted octanol–water partition coefficient (Wildman–Crippen LogP) is 16.9. The highest BCUT2D eigenvalue weighted by atomic mass is 16.3. The summed E-state index contributed by atoms with van der Waals surface area (Å²) in [5, 5.41) is 14.8.